The van der Waals surface area contributed by atoms with Crippen LogP contribution in [0.4, 0.5) is 5.69 Å². The van der Waals surface area contributed by atoms with Crippen LogP contribution in [0.2, 0.25) is 0 Å². The maximum atomic E-state index is 11.5. The minimum atomic E-state index is -1.14. The number of carbonyl (C=O) groups is 2. The lowest BCUT2D eigenvalue weighted by atomic mass is 10.1. The summed E-state index contributed by atoms with van der Waals surface area (Å²) in [5.74, 6) is -1.75. The molecule has 1 aromatic carbocycles. The summed E-state index contributed by atoms with van der Waals surface area (Å²) in [7, 11) is 1.35. The van der Waals surface area contributed by atoms with Gasteiger partial charge in [0.1, 0.15) is 5.56 Å². The van der Waals surface area contributed by atoms with Gasteiger partial charge >= 0.3 is 5.97 Å². The van der Waals surface area contributed by atoms with E-state index in [-0.39, 0.29) is 11.3 Å². The maximum Gasteiger partial charge on any atom is 0.328 e. The molecule has 0 atom stereocenters. The van der Waals surface area contributed by atoms with Gasteiger partial charge in [0, 0.05) is 19.2 Å². The highest BCUT2D eigenvalue weighted by Gasteiger charge is 2.19. The molecule has 2 N–H and O–H groups in total. The first-order chi connectivity index (χ1) is 8.45. The summed E-state index contributed by atoms with van der Waals surface area (Å²) in [6.45, 7) is 0. The zero-order valence-corrected chi connectivity index (χ0v) is 9.41. The zero-order chi connectivity index (χ0) is 13.7. The van der Waals surface area contributed by atoms with E-state index in [2.05, 4.69) is 5.32 Å². The lowest BCUT2D eigenvalue weighted by Crippen LogP contribution is -2.19. The third-order valence-electron chi connectivity index (χ3n) is 2.11. The smallest absolute Gasteiger partial charge is 0.328 e. The van der Waals surface area contributed by atoms with E-state index >= 15 is 0 Å². The minimum Gasteiger partial charge on any atom is -0.478 e. The number of nitrogens with one attached hydrogen (secondary N) is 1. The Morgan fingerprint density at radius 1 is 1.44 bits per heavy atom. The van der Waals surface area contributed by atoms with Crippen LogP contribution >= 0.6 is 0 Å². The Kier molecular flexibility index (Phi) is 4.14. The normalized spacial score (nSPS) is 10.3. The predicted molar refractivity (Wildman–Crippen MR) is 63.2 cm³/mol. The number of benzene rings is 1. The Balaban J connectivity index is 3.25. The van der Waals surface area contributed by atoms with Crippen LogP contribution in [0.1, 0.15) is 15.9 Å². The number of carboxylic acid groups (broad SMARTS) is 1. The second-order valence-electron chi connectivity index (χ2n) is 3.28. The molecule has 0 aliphatic rings. The molecule has 0 aliphatic heterocycles. The largest absolute Gasteiger partial charge is 0.478 e. The number of nitro groups is 1. The number of carbonyl (C=O) groups excluding carboxylic acids is 1. The van der Waals surface area contributed by atoms with E-state index in [1.165, 1.54) is 25.3 Å². The molecule has 0 aliphatic carbocycles. The number of aliphatic carboxylic acids is 1. The standard InChI is InChI=1S/C11H10N2O5/c1-12-11(16)8-6-7(3-5-10(14)15)2-4-9(8)13(17)18/h2-6H,1H3,(H,12,16)(H,14,15). The van der Waals surface area contributed by atoms with Gasteiger partial charge in [-0.15, -0.1) is 0 Å². The van der Waals surface area contributed by atoms with E-state index in [0.29, 0.717) is 5.56 Å². The summed E-state index contributed by atoms with van der Waals surface area (Å²) in [6, 6.07) is 3.78. The number of hydrogen-bond donors (Lipinski definition) is 2. The van der Waals surface area contributed by atoms with Gasteiger partial charge in [-0.3, -0.25) is 14.9 Å². The quantitative estimate of drug-likeness (QED) is 0.471. The van der Waals surface area contributed by atoms with Crippen LogP contribution in [0.3, 0.4) is 0 Å². The fourth-order valence-electron chi connectivity index (χ4n) is 1.30. The van der Waals surface area contributed by atoms with Crippen LogP contribution in [-0.2, 0) is 4.79 Å². The zero-order valence-electron chi connectivity index (χ0n) is 9.41. The van der Waals surface area contributed by atoms with E-state index in [9.17, 15) is 19.7 Å². The lowest BCUT2D eigenvalue weighted by molar-refractivity contribution is -0.385. The average molecular weight is 250 g/mol. The molecular formula is C11H10N2O5. The first kappa shape index (κ1) is 13.4. The van der Waals surface area contributed by atoms with Crippen molar-refractivity contribution in [2.45, 2.75) is 0 Å². The van der Waals surface area contributed by atoms with E-state index in [0.717, 1.165) is 12.1 Å². The molecule has 0 radical (unpaired) electrons. The number of rotatable bonds is 4. The van der Waals surface area contributed by atoms with Crippen LogP contribution in [0.25, 0.3) is 6.08 Å². The molecule has 0 bridgehead atoms. The fourth-order valence-corrected chi connectivity index (χ4v) is 1.30. The Bertz CT molecular complexity index is 536. The SMILES string of the molecule is CNC(=O)c1cc(C=CC(=O)O)ccc1[N+](=O)[O-]. The van der Waals surface area contributed by atoms with E-state index in [1.807, 2.05) is 0 Å². The third kappa shape index (κ3) is 3.14. The van der Waals surface area contributed by atoms with Crippen LogP contribution in [0, 0.1) is 10.1 Å². The molecule has 18 heavy (non-hydrogen) atoms. The maximum absolute atomic E-state index is 11.5. The molecule has 1 aromatic rings. The van der Waals surface area contributed by atoms with Crippen LogP contribution < -0.4 is 5.32 Å². The third-order valence-corrected chi connectivity index (χ3v) is 2.11. The van der Waals surface area contributed by atoms with Gasteiger partial charge in [0.2, 0.25) is 0 Å². The topological polar surface area (TPSA) is 110 Å². The first-order valence-corrected chi connectivity index (χ1v) is 4.87. The molecule has 7 heteroatoms. The van der Waals surface area contributed by atoms with Gasteiger partial charge in [-0.1, -0.05) is 0 Å². The molecule has 94 valence electrons. The first-order valence-electron chi connectivity index (χ1n) is 4.87. The highest BCUT2D eigenvalue weighted by molar-refractivity contribution is 5.98. The van der Waals surface area contributed by atoms with Gasteiger partial charge < -0.3 is 10.4 Å². The molecular weight excluding hydrogens is 240 g/mol. The van der Waals surface area contributed by atoms with E-state index < -0.39 is 16.8 Å². The Morgan fingerprint density at radius 2 is 2.11 bits per heavy atom. The number of carboxylic acids is 1. The second-order valence-corrected chi connectivity index (χ2v) is 3.28. The van der Waals surface area contributed by atoms with Crippen molar-refractivity contribution in [3.63, 3.8) is 0 Å². The highest BCUT2D eigenvalue weighted by Crippen LogP contribution is 2.20. The summed E-state index contributed by atoms with van der Waals surface area (Å²) < 4.78 is 0. The summed E-state index contributed by atoms with van der Waals surface area (Å²) in [6.07, 6.45) is 2.13. The molecule has 0 saturated carbocycles. The van der Waals surface area contributed by atoms with Gasteiger partial charge in [-0.25, -0.2) is 4.79 Å². The molecule has 7 nitrogen and oxygen atoms in total. The highest BCUT2D eigenvalue weighted by atomic mass is 16.6. The van der Waals surface area contributed by atoms with Crippen molar-refractivity contribution in [1.82, 2.24) is 5.32 Å². The van der Waals surface area contributed by atoms with Crippen LogP contribution in [-0.4, -0.2) is 29.0 Å². The Labute approximate surface area is 102 Å². The summed E-state index contributed by atoms with van der Waals surface area (Å²) in [5, 5.41) is 21.5. The molecule has 0 saturated heterocycles. The van der Waals surface area contributed by atoms with Gasteiger partial charge in [0.05, 0.1) is 4.92 Å². The monoisotopic (exact) mass is 250 g/mol. The molecule has 0 spiro atoms. The van der Waals surface area contributed by atoms with Gasteiger partial charge in [-0.2, -0.15) is 0 Å². The van der Waals surface area contributed by atoms with Gasteiger partial charge in [0.15, 0.2) is 0 Å². The number of hydrogen-bond acceptors (Lipinski definition) is 4. The Morgan fingerprint density at radius 3 is 2.61 bits per heavy atom. The minimum absolute atomic E-state index is 0.116. The van der Waals surface area contributed by atoms with Crippen molar-refractivity contribution < 1.29 is 19.6 Å². The second kappa shape index (κ2) is 5.58. The van der Waals surface area contributed by atoms with Gasteiger partial charge in [0.25, 0.3) is 11.6 Å². The van der Waals surface area contributed by atoms with E-state index in [4.69, 9.17) is 5.11 Å². The molecule has 0 heterocycles. The van der Waals surface area contributed by atoms with E-state index in [1.54, 1.807) is 0 Å². The van der Waals surface area contributed by atoms with Crippen molar-refractivity contribution in [2.24, 2.45) is 0 Å². The van der Waals surface area contributed by atoms with Crippen LogP contribution in [0.5, 0.6) is 0 Å². The van der Waals surface area contributed by atoms with Crippen molar-refractivity contribution in [3.05, 3.63) is 45.5 Å². The molecule has 1 rings (SSSR count). The average Bonchev–Trinajstić information content (AvgIpc) is 2.34. The summed E-state index contributed by atoms with van der Waals surface area (Å²) in [4.78, 5) is 31.9. The molecule has 0 aromatic heterocycles. The number of nitro benzene ring substituents is 1. The molecule has 0 unspecified atom stereocenters. The molecule has 0 fully saturated rings. The molecule has 1 amide bonds. The lowest BCUT2D eigenvalue weighted by Gasteiger charge is -2.02. The Hall–Kier alpha value is -2.70. The van der Waals surface area contributed by atoms with Crippen molar-refractivity contribution >= 4 is 23.6 Å². The predicted octanol–water partition coefficient (Wildman–Crippen LogP) is 1.05. The summed E-state index contributed by atoms with van der Waals surface area (Å²) >= 11 is 0. The van der Waals surface area contributed by atoms with Gasteiger partial charge in [-0.05, 0) is 23.8 Å². The summed E-state index contributed by atoms with van der Waals surface area (Å²) in [5.41, 5.74) is -0.0570. The van der Waals surface area contributed by atoms with Crippen molar-refractivity contribution in [1.29, 1.82) is 0 Å². The number of amides is 1. The fraction of sp³-hybridized carbons (Fsp3) is 0.0909. The van der Waals surface area contributed by atoms with Crippen molar-refractivity contribution in [2.75, 3.05) is 7.05 Å². The van der Waals surface area contributed by atoms with Crippen molar-refractivity contribution in [3.8, 4) is 0 Å². The van der Waals surface area contributed by atoms with Crippen LogP contribution in [0.15, 0.2) is 24.3 Å². The number of nitrogens with zero attached hydrogens (tertiary/aromatic N) is 1.